The Morgan fingerprint density at radius 1 is 1.37 bits per heavy atom. The molecule has 4 nitrogen and oxygen atoms in total. The quantitative estimate of drug-likeness (QED) is 0.537. The van der Waals surface area contributed by atoms with E-state index in [1.165, 1.54) is 6.07 Å². The van der Waals surface area contributed by atoms with Crippen molar-refractivity contribution in [2.45, 2.75) is 31.3 Å². The van der Waals surface area contributed by atoms with Crippen molar-refractivity contribution in [1.29, 1.82) is 0 Å². The molecule has 0 saturated carbocycles. The third-order valence-corrected chi connectivity index (χ3v) is 5.59. The number of anilines is 1. The summed E-state index contributed by atoms with van der Waals surface area (Å²) in [5, 5.41) is 10.1. The minimum absolute atomic E-state index is 0.0101. The average molecular weight is 435 g/mol. The third kappa shape index (κ3) is 5.30. The number of nitrogens with one attached hydrogen (secondary N) is 2. The number of aromatic nitrogens is 2. The van der Waals surface area contributed by atoms with Gasteiger partial charge in [0.2, 0.25) is 0 Å². The van der Waals surface area contributed by atoms with Gasteiger partial charge in [0.05, 0.1) is 28.4 Å². The first-order valence-corrected chi connectivity index (χ1v) is 10.3. The number of nitrogens with zero attached hydrogens (tertiary/aromatic N) is 2. The molecule has 2 heterocycles. The molecule has 1 atom stereocenters. The molecular weight excluding hydrogens is 417 g/mol. The molecule has 0 aliphatic carbocycles. The topological polar surface area (TPSA) is 41.9 Å². The molecule has 27 heavy (non-hydrogen) atoms. The van der Waals surface area contributed by atoms with Crippen molar-refractivity contribution in [3.8, 4) is 0 Å². The first-order chi connectivity index (χ1) is 12.7. The summed E-state index contributed by atoms with van der Waals surface area (Å²) in [6.07, 6.45) is 1.78. The highest BCUT2D eigenvalue weighted by Crippen LogP contribution is 2.40. The van der Waals surface area contributed by atoms with Gasteiger partial charge in [-0.2, -0.15) is 18.3 Å². The summed E-state index contributed by atoms with van der Waals surface area (Å²) >= 11 is 7.59. The third-order valence-electron chi connectivity index (χ3n) is 3.71. The van der Waals surface area contributed by atoms with E-state index in [2.05, 4.69) is 29.0 Å². The molecule has 10 heteroatoms. The maximum absolute atomic E-state index is 12.3. The van der Waals surface area contributed by atoms with Gasteiger partial charge in [-0.3, -0.25) is 4.68 Å². The lowest BCUT2D eigenvalue weighted by Crippen LogP contribution is -2.18. The van der Waals surface area contributed by atoms with E-state index >= 15 is 0 Å². The van der Waals surface area contributed by atoms with E-state index in [1.54, 1.807) is 30.1 Å². The van der Waals surface area contributed by atoms with Gasteiger partial charge in [-0.15, -0.1) is 11.8 Å². The Kier molecular flexibility index (Phi) is 6.22. The van der Waals surface area contributed by atoms with Crippen molar-refractivity contribution in [3.63, 3.8) is 0 Å². The molecule has 146 valence electrons. The lowest BCUT2D eigenvalue weighted by atomic mass is 10.1. The number of halogens is 4. The van der Waals surface area contributed by atoms with Crippen LogP contribution >= 0.6 is 35.3 Å². The van der Waals surface area contributed by atoms with Crippen LogP contribution < -0.4 is 10.0 Å². The number of benzene rings is 1. The molecule has 1 aromatic heterocycles. The zero-order valence-electron chi connectivity index (χ0n) is 14.5. The fraction of sp³-hybridized carbons (Fsp3) is 0.353. The summed E-state index contributed by atoms with van der Waals surface area (Å²) in [5.74, 6) is 0.478. The summed E-state index contributed by atoms with van der Waals surface area (Å²) in [6, 6.07) is 6.74. The van der Waals surface area contributed by atoms with Crippen molar-refractivity contribution in [1.82, 2.24) is 15.1 Å². The van der Waals surface area contributed by atoms with Crippen molar-refractivity contribution >= 4 is 46.7 Å². The molecule has 0 saturated heterocycles. The van der Waals surface area contributed by atoms with Gasteiger partial charge in [0, 0.05) is 24.0 Å². The Balaban J connectivity index is 1.69. The van der Waals surface area contributed by atoms with Gasteiger partial charge < -0.3 is 10.0 Å². The van der Waals surface area contributed by atoms with E-state index in [0.717, 1.165) is 23.5 Å². The van der Waals surface area contributed by atoms with Crippen LogP contribution in [0.25, 0.3) is 5.70 Å². The smallest absolute Gasteiger partial charge is 0.367 e. The number of thioether (sulfide) groups is 1. The normalized spacial score (nSPS) is 17.1. The molecule has 0 amide bonds. The van der Waals surface area contributed by atoms with E-state index in [4.69, 9.17) is 11.6 Å². The highest BCUT2D eigenvalue weighted by molar-refractivity contribution is 8.02. The molecule has 0 radical (unpaired) electrons. The van der Waals surface area contributed by atoms with Crippen LogP contribution in [0.15, 0.2) is 35.9 Å². The number of hydrogen-bond donors (Lipinski definition) is 2. The second-order valence-corrected chi connectivity index (χ2v) is 8.63. The Bertz CT molecular complexity index is 836. The largest absolute Gasteiger partial charge is 0.461 e. The van der Waals surface area contributed by atoms with E-state index in [-0.39, 0.29) is 17.3 Å². The van der Waals surface area contributed by atoms with Gasteiger partial charge in [-0.25, -0.2) is 0 Å². The molecule has 2 aromatic rings. The summed E-state index contributed by atoms with van der Waals surface area (Å²) in [7, 11) is 0. The summed E-state index contributed by atoms with van der Waals surface area (Å²) in [6.45, 7) is 5.10. The van der Waals surface area contributed by atoms with Crippen LogP contribution in [0.4, 0.5) is 18.9 Å². The SMILES string of the molecule is CC(C)Cn1nccc1C1NC(c2ccc(NSC(F)(F)F)cc2Cl)=CS1. The van der Waals surface area contributed by atoms with E-state index in [1.807, 2.05) is 16.2 Å². The molecular formula is C17H18ClF3N4S2. The Morgan fingerprint density at radius 3 is 2.81 bits per heavy atom. The van der Waals surface area contributed by atoms with Gasteiger partial charge in [0.25, 0.3) is 0 Å². The zero-order valence-corrected chi connectivity index (χ0v) is 16.9. The first kappa shape index (κ1) is 20.3. The Labute approximate surface area is 169 Å². The van der Waals surface area contributed by atoms with Gasteiger partial charge in [0.1, 0.15) is 5.37 Å². The average Bonchev–Trinajstić information content (AvgIpc) is 3.21. The standard InChI is InChI=1S/C17H18ClF3N4S2/c1-10(2)8-25-15(5-6-22-25)16-23-14(9-26-16)12-4-3-11(7-13(12)18)24-27-17(19,20)21/h3-7,9-10,16,23-24H,8H2,1-2H3. The Hall–Kier alpha value is -1.45. The number of alkyl halides is 3. The fourth-order valence-corrected chi connectivity index (χ4v) is 4.25. The molecule has 0 spiro atoms. The van der Waals surface area contributed by atoms with E-state index in [0.29, 0.717) is 16.6 Å². The molecule has 0 fully saturated rings. The van der Waals surface area contributed by atoms with Gasteiger partial charge in [-0.1, -0.05) is 25.4 Å². The summed E-state index contributed by atoms with van der Waals surface area (Å²) in [5.41, 5.74) is -1.42. The van der Waals surface area contributed by atoms with Gasteiger partial charge in [0.15, 0.2) is 0 Å². The van der Waals surface area contributed by atoms with Crippen molar-refractivity contribution in [2.24, 2.45) is 5.92 Å². The van der Waals surface area contributed by atoms with Gasteiger partial charge >= 0.3 is 5.51 Å². The van der Waals surface area contributed by atoms with Crippen molar-refractivity contribution in [3.05, 3.63) is 52.2 Å². The first-order valence-electron chi connectivity index (χ1n) is 8.17. The van der Waals surface area contributed by atoms with Crippen molar-refractivity contribution in [2.75, 3.05) is 4.72 Å². The maximum atomic E-state index is 12.3. The monoisotopic (exact) mass is 434 g/mol. The molecule has 1 unspecified atom stereocenters. The van der Waals surface area contributed by atoms with Gasteiger partial charge in [-0.05, 0) is 35.6 Å². The predicted octanol–water partition coefficient (Wildman–Crippen LogP) is 6.11. The van der Waals surface area contributed by atoms with Crippen LogP contribution in [0, 0.1) is 5.92 Å². The van der Waals surface area contributed by atoms with Crippen LogP contribution in [0.1, 0.15) is 30.5 Å². The number of rotatable bonds is 6. The molecule has 0 bridgehead atoms. The highest BCUT2D eigenvalue weighted by Gasteiger charge is 2.29. The molecule has 2 N–H and O–H groups in total. The fourth-order valence-electron chi connectivity index (χ4n) is 2.61. The summed E-state index contributed by atoms with van der Waals surface area (Å²) in [4.78, 5) is 0. The second-order valence-electron chi connectivity index (χ2n) is 6.37. The zero-order chi connectivity index (χ0) is 19.6. The van der Waals surface area contributed by atoms with Crippen LogP contribution in [0.3, 0.4) is 0 Å². The molecule has 1 aliphatic heterocycles. The Morgan fingerprint density at radius 2 is 2.15 bits per heavy atom. The molecule has 1 aromatic carbocycles. The van der Waals surface area contributed by atoms with E-state index in [9.17, 15) is 13.2 Å². The minimum atomic E-state index is -4.36. The molecule has 3 rings (SSSR count). The minimum Gasteiger partial charge on any atom is -0.367 e. The van der Waals surface area contributed by atoms with Crippen LogP contribution in [-0.2, 0) is 6.54 Å². The lowest BCUT2D eigenvalue weighted by molar-refractivity contribution is -0.0323. The van der Waals surface area contributed by atoms with Crippen LogP contribution in [0.5, 0.6) is 0 Å². The van der Waals surface area contributed by atoms with E-state index < -0.39 is 5.51 Å². The van der Waals surface area contributed by atoms with Crippen LogP contribution in [0.2, 0.25) is 5.02 Å². The predicted molar refractivity (Wildman–Crippen MR) is 107 cm³/mol. The maximum Gasteiger partial charge on any atom is 0.461 e. The number of hydrogen-bond acceptors (Lipinski definition) is 5. The lowest BCUT2D eigenvalue weighted by Gasteiger charge is -2.17. The second kappa shape index (κ2) is 8.28. The highest BCUT2D eigenvalue weighted by atomic mass is 35.5. The van der Waals surface area contributed by atoms with Crippen LogP contribution in [-0.4, -0.2) is 15.3 Å². The summed E-state index contributed by atoms with van der Waals surface area (Å²) < 4.78 is 41.1. The van der Waals surface area contributed by atoms with Crippen molar-refractivity contribution < 1.29 is 13.2 Å². The molecule has 1 aliphatic rings.